The van der Waals surface area contributed by atoms with E-state index in [2.05, 4.69) is 42.6 Å². The molecule has 27 heavy (non-hydrogen) atoms. The highest BCUT2D eigenvalue weighted by Crippen LogP contribution is 2.38. The maximum atomic E-state index is 12.3. The summed E-state index contributed by atoms with van der Waals surface area (Å²) >= 11 is 0. The number of anilines is 2. The van der Waals surface area contributed by atoms with Gasteiger partial charge in [0.25, 0.3) is 0 Å². The van der Waals surface area contributed by atoms with E-state index in [4.69, 9.17) is 0 Å². The lowest BCUT2D eigenvalue weighted by Crippen LogP contribution is -2.49. The second kappa shape index (κ2) is 7.85. The molecule has 0 bridgehead atoms. The molecular weight excluding hydrogens is 342 g/mol. The molecule has 1 aliphatic carbocycles. The number of amides is 2. The van der Waals surface area contributed by atoms with Crippen molar-refractivity contribution in [1.29, 1.82) is 0 Å². The highest BCUT2D eigenvalue weighted by molar-refractivity contribution is 5.88. The van der Waals surface area contributed by atoms with Gasteiger partial charge in [0, 0.05) is 36.8 Å². The monoisotopic (exact) mass is 367 g/mol. The Morgan fingerprint density at radius 2 is 2.11 bits per heavy atom. The van der Waals surface area contributed by atoms with E-state index in [0.717, 1.165) is 49.6 Å². The van der Waals surface area contributed by atoms with Gasteiger partial charge in [0.15, 0.2) is 5.82 Å². The summed E-state index contributed by atoms with van der Waals surface area (Å²) < 4.78 is 0. The molecule has 2 amide bonds. The van der Waals surface area contributed by atoms with Crippen molar-refractivity contribution in [3.63, 3.8) is 0 Å². The first kappa shape index (κ1) is 17.6. The van der Waals surface area contributed by atoms with Crippen molar-refractivity contribution in [3.8, 4) is 0 Å². The van der Waals surface area contributed by atoms with Crippen LogP contribution in [0.25, 0.3) is 0 Å². The standard InChI is InChI=1S/C19H25N7O/c1-2-14-10-18(21-12-20-14)26-9-3-4-15(11-26)22-19(27)23-17-8-7-16(24-25-17)13-5-6-13/h7-8,10,12-13,15H,2-6,9,11H2,1H3,(H2,22,23,25,27). The van der Waals surface area contributed by atoms with Gasteiger partial charge in [-0.2, -0.15) is 5.10 Å². The number of rotatable bonds is 5. The molecule has 8 heteroatoms. The first-order chi connectivity index (χ1) is 13.2. The predicted octanol–water partition coefficient (Wildman–Crippen LogP) is 2.50. The van der Waals surface area contributed by atoms with E-state index in [0.29, 0.717) is 11.7 Å². The molecule has 3 heterocycles. The predicted molar refractivity (Wildman–Crippen MR) is 103 cm³/mol. The molecule has 0 spiro atoms. The Labute approximate surface area is 158 Å². The van der Waals surface area contributed by atoms with E-state index >= 15 is 0 Å². The van der Waals surface area contributed by atoms with Crippen LogP contribution in [0.2, 0.25) is 0 Å². The van der Waals surface area contributed by atoms with Crippen molar-refractivity contribution >= 4 is 17.7 Å². The number of piperidine rings is 1. The summed E-state index contributed by atoms with van der Waals surface area (Å²) in [4.78, 5) is 23.2. The number of urea groups is 1. The number of hydrogen-bond donors (Lipinski definition) is 2. The number of nitrogens with one attached hydrogen (secondary N) is 2. The quantitative estimate of drug-likeness (QED) is 0.843. The van der Waals surface area contributed by atoms with E-state index in [9.17, 15) is 4.79 Å². The highest BCUT2D eigenvalue weighted by Gasteiger charge is 2.25. The fourth-order valence-electron chi connectivity index (χ4n) is 3.40. The van der Waals surface area contributed by atoms with Gasteiger partial charge in [-0.05, 0) is 44.2 Å². The van der Waals surface area contributed by atoms with E-state index in [1.807, 2.05) is 18.2 Å². The average Bonchev–Trinajstić information content (AvgIpc) is 3.54. The van der Waals surface area contributed by atoms with Gasteiger partial charge >= 0.3 is 6.03 Å². The molecule has 2 aromatic rings. The minimum Gasteiger partial charge on any atom is -0.354 e. The fraction of sp³-hybridized carbons (Fsp3) is 0.526. The Hall–Kier alpha value is -2.77. The fourth-order valence-corrected chi connectivity index (χ4v) is 3.40. The Balaban J connectivity index is 1.32. The Morgan fingerprint density at radius 3 is 2.85 bits per heavy atom. The van der Waals surface area contributed by atoms with Gasteiger partial charge in [0.05, 0.1) is 5.69 Å². The summed E-state index contributed by atoms with van der Waals surface area (Å²) in [6.07, 6.45) is 6.82. The van der Waals surface area contributed by atoms with Crippen molar-refractivity contribution in [2.45, 2.75) is 51.0 Å². The lowest BCUT2D eigenvalue weighted by molar-refractivity contribution is 0.246. The van der Waals surface area contributed by atoms with Crippen LogP contribution in [0.3, 0.4) is 0 Å². The molecule has 0 radical (unpaired) electrons. The van der Waals surface area contributed by atoms with Crippen LogP contribution in [-0.2, 0) is 6.42 Å². The van der Waals surface area contributed by atoms with Crippen LogP contribution in [-0.4, -0.2) is 45.3 Å². The first-order valence-electron chi connectivity index (χ1n) is 9.68. The largest absolute Gasteiger partial charge is 0.354 e. The van der Waals surface area contributed by atoms with Crippen molar-refractivity contribution in [2.75, 3.05) is 23.3 Å². The third-order valence-corrected chi connectivity index (χ3v) is 5.07. The van der Waals surface area contributed by atoms with E-state index in [1.54, 1.807) is 6.33 Å². The summed E-state index contributed by atoms with van der Waals surface area (Å²) in [6, 6.07) is 5.62. The van der Waals surface area contributed by atoms with Gasteiger partial charge < -0.3 is 10.2 Å². The van der Waals surface area contributed by atoms with E-state index in [1.165, 1.54) is 12.8 Å². The number of aromatic nitrogens is 4. The molecule has 142 valence electrons. The van der Waals surface area contributed by atoms with Gasteiger partial charge in [-0.3, -0.25) is 5.32 Å². The van der Waals surface area contributed by atoms with Gasteiger partial charge in [0.2, 0.25) is 0 Å². The smallest absolute Gasteiger partial charge is 0.320 e. The third kappa shape index (κ3) is 4.50. The molecule has 1 aliphatic heterocycles. The van der Waals surface area contributed by atoms with Crippen LogP contribution in [0.1, 0.15) is 49.9 Å². The zero-order valence-corrected chi connectivity index (χ0v) is 15.6. The molecule has 1 unspecified atom stereocenters. The maximum Gasteiger partial charge on any atom is 0.320 e. The molecule has 2 aromatic heterocycles. The van der Waals surface area contributed by atoms with Crippen LogP contribution < -0.4 is 15.5 Å². The molecule has 1 saturated carbocycles. The van der Waals surface area contributed by atoms with E-state index in [-0.39, 0.29) is 12.1 Å². The number of nitrogens with zero attached hydrogens (tertiary/aromatic N) is 5. The Kier molecular flexibility index (Phi) is 5.13. The molecule has 1 atom stereocenters. The number of carbonyl (C=O) groups excluding carboxylic acids is 1. The van der Waals surface area contributed by atoms with E-state index < -0.39 is 0 Å². The minimum absolute atomic E-state index is 0.0671. The van der Waals surface area contributed by atoms with Crippen LogP contribution in [0, 0.1) is 0 Å². The molecule has 2 N–H and O–H groups in total. The molecule has 8 nitrogen and oxygen atoms in total. The lowest BCUT2D eigenvalue weighted by Gasteiger charge is -2.34. The number of hydrogen-bond acceptors (Lipinski definition) is 6. The zero-order valence-electron chi connectivity index (χ0n) is 15.6. The third-order valence-electron chi connectivity index (χ3n) is 5.07. The summed E-state index contributed by atoms with van der Waals surface area (Å²) in [5.41, 5.74) is 2.04. The summed E-state index contributed by atoms with van der Waals surface area (Å²) in [5, 5.41) is 14.1. The van der Waals surface area contributed by atoms with Crippen molar-refractivity contribution in [1.82, 2.24) is 25.5 Å². The van der Waals surface area contributed by atoms with Crippen LogP contribution in [0.4, 0.5) is 16.4 Å². The van der Waals surface area contributed by atoms with Gasteiger partial charge in [-0.25, -0.2) is 14.8 Å². The number of carbonyl (C=O) groups is 1. The first-order valence-corrected chi connectivity index (χ1v) is 9.68. The van der Waals surface area contributed by atoms with Gasteiger partial charge in [-0.1, -0.05) is 6.92 Å². The molecule has 1 saturated heterocycles. The molecule has 2 aliphatic rings. The minimum atomic E-state index is -0.243. The summed E-state index contributed by atoms with van der Waals surface area (Å²) in [7, 11) is 0. The normalized spacial score (nSPS) is 19.6. The molecular formula is C19H25N7O. The Bertz CT molecular complexity index is 791. The molecule has 0 aromatic carbocycles. The lowest BCUT2D eigenvalue weighted by atomic mass is 10.1. The zero-order chi connectivity index (χ0) is 18.6. The van der Waals surface area contributed by atoms with Crippen LogP contribution >= 0.6 is 0 Å². The topological polar surface area (TPSA) is 95.9 Å². The number of aryl methyl sites for hydroxylation is 1. The SMILES string of the molecule is CCc1cc(N2CCCC(NC(=O)Nc3ccc(C4CC4)nn3)C2)ncn1. The maximum absolute atomic E-state index is 12.3. The second-order valence-corrected chi connectivity index (χ2v) is 7.22. The van der Waals surface area contributed by atoms with Gasteiger partial charge in [0.1, 0.15) is 12.1 Å². The van der Waals surface area contributed by atoms with Crippen molar-refractivity contribution in [2.24, 2.45) is 0 Å². The summed E-state index contributed by atoms with van der Waals surface area (Å²) in [6.45, 7) is 3.76. The summed E-state index contributed by atoms with van der Waals surface area (Å²) in [5.74, 6) is 1.96. The Morgan fingerprint density at radius 1 is 1.22 bits per heavy atom. The average molecular weight is 367 g/mol. The molecule has 4 rings (SSSR count). The molecule has 2 fully saturated rings. The second-order valence-electron chi connectivity index (χ2n) is 7.22. The van der Waals surface area contributed by atoms with Gasteiger partial charge in [-0.15, -0.1) is 5.10 Å². The van der Waals surface area contributed by atoms with Crippen LogP contribution in [0.15, 0.2) is 24.5 Å². The highest BCUT2D eigenvalue weighted by atomic mass is 16.2. The van der Waals surface area contributed by atoms with Crippen molar-refractivity contribution in [3.05, 3.63) is 35.9 Å². The van der Waals surface area contributed by atoms with Crippen molar-refractivity contribution < 1.29 is 4.79 Å². The van der Waals surface area contributed by atoms with Crippen LogP contribution in [0.5, 0.6) is 0 Å².